The number of aliphatic carboxylic acids is 1. The fraction of sp³-hybridized carbons (Fsp3) is 0.286. The van der Waals surface area contributed by atoms with Gasteiger partial charge in [-0.2, -0.15) is 0 Å². The number of rotatable bonds is 5. The van der Waals surface area contributed by atoms with E-state index in [0.29, 0.717) is 30.6 Å². The molecule has 2 aromatic rings. The van der Waals surface area contributed by atoms with Gasteiger partial charge in [-0.1, -0.05) is 18.2 Å². The molecule has 0 bridgehead atoms. The number of likely N-dealkylation sites (tertiary alicyclic amines) is 1. The third-order valence-electron chi connectivity index (χ3n) is 4.78. The zero-order valence-corrected chi connectivity index (χ0v) is 15.3. The van der Waals surface area contributed by atoms with Crippen molar-refractivity contribution in [2.24, 2.45) is 5.92 Å². The normalized spacial score (nSPS) is 16.5. The lowest BCUT2D eigenvalue weighted by Gasteiger charge is -2.34. The molecule has 2 amide bonds. The Bertz CT molecular complexity index is 854. The number of carboxylic acids is 1. The van der Waals surface area contributed by atoms with Crippen LogP contribution in [0, 0.1) is 11.7 Å². The highest BCUT2D eigenvalue weighted by Gasteiger charge is 2.33. The Balaban J connectivity index is 1.76. The molecule has 7 heteroatoms. The molecule has 6 nitrogen and oxygen atoms in total. The monoisotopic (exact) mass is 384 g/mol. The summed E-state index contributed by atoms with van der Waals surface area (Å²) < 4.78 is 13.1. The van der Waals surface area contributed by atoms with Crippen LogP contribution in [0.25, 0.3) is 0 Å². The van der Waals surface area contributed by atoms with Gasteiger partial charge in [-0.25, -0.2) is 4.39 Å². The maximum atomic E-state index is 13.1. The van der Waals surface area contributed by atoms with Crippen molar-refractivity contribution in [2.75, 3.05) is 24.5 Å². The molecule has 0 saturated carbocycles. The van der Waals surface area contributed by atoms with Crippen LogP contribution in [0.15, 0.2) is 54.6 Å². The molecule has 0 radical (unpaired) electrons. The van der Waals surface area contributed by atoms with Crippen molar-refractivity contribution < 1.29 is 23.9 Å². The molecule has 0 spiro atoms. The molecule has 1 fully saturated rings. The lowest BCUT2D eigenvalue weighted by atomic mass is 9.95. The molecule has 28 heavy (non-hydrogen) atoms. The summed E-state index contributed by atoms with van der Waals surface area (Å²) in [5.41, 5.74) is 0.872. The van der Waals surface area contributed by atoms with Crippen LogP contribution >= 0.6 is 0 Å². The summed E-state index contributed by atoms with van der Waals surface area (Å²) in [7, 11) is 0. The summed E-state index contributed by atoms with van der Waals surface area (Å²) in [6.07, 6.45) is 1.22. The van der Waals surface area contributed by atoms with Crippen LogP contribution < -0.4 is 4.90 Å². The Labute approximate surface area is 162 Å². The molecular formula is C21H21FN2O4. The first kappa shape index (κ1) is 19.5. The molecule has 1 saturated heterocycles. The molecule has 3 rings (SSSR count). The van der Waals surface area contributed by atoms with Gasteiger partial charge in [0.15, 0.2) is 0 Å². The molecule has 1 aliphatic heterocycles. The molecule has 2 aromatic carbocycles. The van der Waals surface area contributed by atoms with Gasteiger partial charge in [0.25, 0.3) is 5.91 Å². The van der Waals surface area contributed by atoms with Gasteiger partial charge in [0.2, 0.25) is 5.91 Å². The number of carbonyl (C=O) groups is 3. The lowest BCUT2D eigenvalue weighted by molar-refractivity contribution is -0.137. The Morgan fingerprint density at radius 2 is 1.75 bits per heavy atom. The van der Waals surface area contributed by atoms with Gasteiger partial charge in [0.1, 0.15) is 12.4 Å². The first-order valence-electron chi connectivity index (χ1n) is 9.09. The number of carboxylic acid groups (broad SMARTS) is 1. The van der Waals surface area contributed by atoms with Crippen molar-refractivity contribution in [3.05, 3.63) is 66.0 Å². The Morgan fingerprint density at radius 3 is 2.39 bits per heavy atom. The first-order valence-corrected chi connectivity index (χ1v) is 9.09. The fourth-order valence-electron chi connectivity index (χ4n) is 3.40. The summed E-state index contributed by atoms with van der Waals surface area (Å²) in [5, 5.41) is 9.21. The van der Waals surface area contributed by atoms with E-state index in [1.165, 1.54) is 29.2 Å². The Kier molecular flexibility index (Phi) is 6.03. The number of hydrogen-bond donors (Lipinski definition) is 1. The summed E-state index contributed by atoms with van der Waals surface area (Å²) in [4.78, 5) is 39.8. The number of anilines is 1. The van der Waals surface area contributed by atoms with Crippen molar-refractivity contribution in [1.29, 1.82) is 0 Å². The highest BCUT2D eigenvalue weighted by Crippen LogP contribution is 2.24. The van der Waals surface area contributed by atoms with E-state index in [4.69, 9.17) is 0 Å². The zero-order valence-electron chi connectivity index (χ0n) is 15.3. The molecule has 0 aromatic heterocycles. The van der Waals surface area contributed by atoms with Crippen molar-refractivity contribution in [3.63, 3.8) is 0 Å². The molecule has 1 N–H and O–H groups in total. The summed E-state index contributed by atoms with van der Waals surface area (Å²) in [5.74, 6) is -2.59. The van der Waals surface area contributed by atoms with Crippen LogP contribution in [0.2, 0.25) is 0 Å². The fourth-order valence-corrected chi connectivity index (χ4v) is 3.40. The predicted octanol–water partition coefficient (Wildman–Crippen LogP) is 2.80. The van der Waals surface area contributed by atoms with E-state index in [0.717, 1.165) is 0 Å². The van der Waals surface area contributed by atoms with Crippen LogP contribution in [0.1, 0.15) is 23.2 Å². The third kappa shape index (κ3) is 4.54. The molecule has 1 unspecified atom stereocenters. The molecular weight excluding hydrogens is 363 g/mol. The lowest BCUT2D eigenvalue weighted by Crippen LogP contribution is -2.48. The van der Waals surface area contributed by atoms with Gasteiger partial charge in [0.05, 0.1) is 5.92 Å². The van der Waals surface area contributed by atoms with Crippen molar-refractivity contribution in [2.45, 2.75) is 12.8 Å². The number of para-hydroxylation sites is 1. The molecule has 146 valence electrons. The van der Waals surface area contributed by atoms with Gasteiger partial charge in [-0.15, -0.1) is 0 Å². The van der Waals surface area contributed by atoms with Crippen LogP contribution in [-0.2, 0) is 9.59 Å². The average molecular weight is 384 g/mol. The maximum absolute atomic E-state index is 13.1. The third-order valence-corrected chi connectivity index (χ3v) is 4.78. The predicted molar refractivity (Wildman–Crippen MR) is 101 cm³/mol. The number of amides is 2. The number of hydrogen-bond acceptors (Lipinski definition) is 3. The summed E-state index contributed by atoms with van der Waals surface area (Å²) in [6.45, 7) is 0.271. The minimum Gasteiger partial charge on any atom is -0.480 e. The Morgan fingerprint density at radius 1 is 1.07 bits per heavy atom. The summed E-state index contributed by atoms with van der Waals surface area (Å²) in [6, 6.07) is 13.9. The molecule has 1 aliphatic rings. The molecule has 1 heterocycles. The number of nitrogens with zero attached hydrogens (tertiary/aromatic N) is 2. The number of halogens is 1. The standard InChI is InChI=1S/C21H21FN2O4/c22-17-10-8-15(9-11-17)20(27)23-12-4-5-16(13-23)21(28)24(14-19(25)26)18-6-2-1-3-7-18/h1-3,6-11,16H,4-5,12-14H2,(H,25,26). The SMILES string of the molecule is O=C(O)CN(C(=O)C1CCCN(C(=O)c2ccc(F)cc2)C1)c1ccccc1. The van der Waals surface area contributed by atoms with E-state index in [1.807, 2.05) is 0 Å². The minimum absolute atomic E-state index is 0.206. The van der Waals surface area contributed by atoms with Crippen molar-refractivity contribution >= 4 is 23.5 Å². The number of benzene rings is 2. The van der Waals surface area contributed by atoms with Gasteiger partial charge in [-0.05, 0) is 49.2 Å². The largest absolute Gasteiger partial charge is 0.480 e. The van der Waals surface area contributed by atoms with Gasteiger partial charge in [-0.3, -0.25) is 14.4 Å². The van der Waals surface area contributed by atoms with Crippen LogP contribution in [-0.4, -0.2) is 47.4 Å². The van der Waals surface area contributed by atoms with Crippen molar-refractivity contribution in [3.8, 4) is 0 Å². The molecule has 1 atom stereocenters. The Hall–Kier alpha value is -3.22. The number of carbonyl (C=O) groups excluding carboxylic acids is 2. The van der Waals surface area contributed by atoms with E-state index in [1.54, 1.807) is 35.2 Å². The van der Waals surface area contributed by atoms with Gasteiger partial charge in [0, 0.05) is 24.3 Å². The topological polar surface area (TPSA) is 77.9 Å². The molecule has 0 aliphatic carbocycles. The average Bonchev–Trinajstić information content (AvgIpc) is 2.72. The second-order valence-corrected chi connectivity index (χ2v) is 6.75. The maximum Gasteiger partial charge on any atom is 0.323 e. The summed E-state index contributed by atoms with van der Waals surface area (Å²) >= 11 is 0. The van der Waals surface area contributed by atoms with Crippen LogP contribution in [0.3, 0.4) is 0 Å². The first-order chi connectivity index (χ1) is 13.5. The van der Waals surface area contributed by atoms with Crippen LogP contribution in [0.5, 0.6) is 0 Å². The highest BCUT2D eigenvalue weighted by atomic mass is 19.1. The second kappa shape index (κ2) is 8.65. The van der Waals surface area contributed by atoms with Gasteiger partial charge >= 0.3 is 5.97 Å². The van der Waals surface area contributed by atoms with E-state index in [9.17, 15) is 23.9 Å². The van der Waals surface area contributed by atoms with E-state index in [2.05, 4.69) is 0 Å². The minimum atomic E-state index is -1.10. The van der Waals surface area contributed by atoms with E-state index in [-0.39, 0.29) is 18.4 Å². The van der Waals surface area contributed by atoms with E-state index >= 15 is 0 Å². The number of piperidine rings is 1. The van der Waals surface area contributed by atoms with E-state index < -0.39 is 24.2 Å². The van der Waals surface area contributed by atoms with Crippen LogP contribution in [0.4, 0.5) is 10.1 Å². The van der Waals surface area contributed by atoms with Gasteiger partial charge < -0.3 is 14.9 Å². The zero-order chi connectivity index (χ0) is 20.1. The second-order valence-electron chi connectivity index (χ2n) is 6.75. The smallest absolute Gasteiger partial charge is 0.323 e. The highest BCUT2D eigenvalue weighted by molar-refractivity contribution is 6.00. The van der Waals surface area contributed by atoms with Crippen molar-refractivity contribution in [1.82, 2.24) is 4.90 Å². The quantitative estimate of drug-likeness (QED) is 0.860.